The van der Waals surface area contributed by atoms with Gasteiger partial charge in [0.2, 0.25) is 0 Å². The van der Waals surface area contributed by atoms with Crippen LogP contribution in [0.5, 0.6) is 0 Å². The smallest absolute Gasteiger partial charge is 0.143 e. The maximum Gasteiger partial charge on any atom is 0.143 e. The lowest BCUT2D eigenvalue weighted by Crippen LogP contribution is -2.34. The van der Waals surface area contributed by atoms with E-state index in [9.17, 15) is 0 Å². The Morgan fingerprint density at radius 1 is 0.615 bits per heavy atom. The van der Waals surface area contributed by atoms with Gasteiger partial charge in [-0.3, -0.25) is 0 Å². The predicted molar refractivity (Wildman–Crippen MR) is 287 cm³/mol. The molecule has 1 aliphatic rings. The molecule has 3 nitrogen and oxygen atoms in total. The molecular formula is C62H68N2O. The number of benzene rings is 6. The monoisotopic (exact) mass is 857 g/mol. The van der Waals surface area contributed by atoms with Gasteiger partial charge >= 0.3 is 0 Å². The number of furan rings is 1. The van der Waals surface area contributed by atoms with E-state index in [0.29, 0.717) is 5.71 Å². The second-order valence-electron chi connectivity index (χ2n) is 14.7. The number of nitrogens with one attached hydrogen (secondary N) is 1. The molecule has 7 aromatic rings. The van der Waals surface area contributed by atoms with Crippen LogP contribution in [-0.2, 0) is 5.54 Å². The molecule has 1 aromatic heterocycles. The molecule has 3 N–H and O–H groups in total. The van der Waals surface area contributed by atoms with E-state index in [-0.39, 0.29) is 0 Å². The van der Waals surface area contributed by atoms with Crippen LogP contribution in [0.2, 0.25) is 0 Å². The van der Waals surface area contributed by atoms with Crippen LogP contribution in [0.3, 0.4) is 0 Å². The van der Waals surface area contributed by atoms with Crippen LogP contribution in [0.25, 0.3) is 44.2 Å². The van der Waals surface area contributed by atoms with Crippen molar-refractivity contribution in [1.29, 1.82) is 5.41 Å². The summed E-state index contributed by atoms with van der Waals surface area (Å²) < 4.78 is 6.68. The van der Waals surface area contributed by atoms with Crippen LogP contribution in [0, 0.1) is 5.41 Å². The van der Waals surface area contributed by atoms with Gasteiger partial charge in [0, 0.05) is 16.3 Å². The Balaban J connectivity index is 0.000000543. The second-order valence-corrected chi connectivity index (χ2v) is 14.7. The van der Waals surface area contributed by atoms with Gasteiger partial charge in [0.15, 0.2) is 0 Å². The molecule has 332 valence electrons. The van der Waals surface area contributed by atoms with Crippen LogP contribution in [0.4, 0.5) is 0 Å². The lowest BCUT2D eigenvalue weighted by molar-refractivity contribution is 0.603. The predicted octanol–water partition coefficient (Wildman–Crippen LogP) is 17.7. The highest BCUT2D eigenvalue weighted by Crippen LogP contribution is 2.43. The summed E-state index contributed by atoms with van der Waals surface area (Å²) in [5, 5.41) is 11.1. The third-order valence-electron chi connectivity index (χ3n) is 10.7. The van der Waals surface area contributed by atoms with Crippen molar-refractivity contribution in [3.8, 4) is 11.1 Å². The summed E-state index contributed by atoms with van der Waals surface area (Å²) in [5.41, 5.74) is 19.6. The molecule has 0 fully saturated rings. The first kappa shape index (κ1) is 50.6. The largest absolute Gasteiger partial charge is 0.455 e. The van der Waals surface area contributed by atoms with E-state index in [0.717, 1.165) is 73.7 Å². The van der Waals surface area contributed by atoms with E-state index in [2.05, 4.69) is 117 Å². The lowest BCUT2D eigenvalue weighted by Gasteiger charge is -2.26. The molecule has 65 heavy (non-hydrogen) atoms. The van der Waals surface area contributed by atoms with Crippen molar-refractivity contribution in [3.05, 3.63) is 252 Å². The maximum atomic E-state index is 8.90. The third-order valence-corrected chi connectivity index (χ3v) is 10.7. The summed E-state index contributed by atoms with van der Waals surface area (Å²) >= 11 is 0. The molecule has 1 heterocycles. The van der Waals surface area contributed by atoms with E-state index in [1.165, 1.54) is 16.7 Å². The van der Waals surface area contributed by atoms with Gasteiger partial charge in [-0.2, -0.15) is 0 Å². The van der Waals surface area contributed by atoms with Crippen molar-refractivity contribution in [2.45, 2.75) is 73.8 Å². The van der Waals surface area contributed by atoms with Gasteiger partial charge in [0.1, 0.15) is 11.2 Å². The van der Waals surface area contributed by atoms with Crippen molar-refractivity contribution in [3.63, 3.8) is 0 Å². The molecular weight excluding hydrogens is 789 g/mol. The van der Waals surface area contributed by atoms with Gasteiger partial charge in [-0.15, -0.1) is 0 Å². The Kier molecular flexibility index (Phi) is 20.6. The van der Waals surface area contributed by atoms with Crippen molar-refractivity contribution in [2.75, 3.05) is 0 Å². The normalized spacial score (nSPS) is 13.2. The van der Waals surface area contributed by atoms with Gasteiger partial charge in [-0.1, -0.05) is 236 Å². The molecule has 0 saturated heterocycles. The zero-order chi connectivity index (χ0) is 47.0. The highest BCUT2D eigenvalue weighted by molar-refractivity contribution is 6.15. The third kappa shape index (κ3) is 13.0. The fraction of sp³-hybridized carbons (Fsp3) is 0.177. The van der Waals surface area contributed by atoms with Gasteiger partial charge in [0.05, 0.1) is 11.3 Å². The van der Waals surface area contributed by atoms with E-state index in [1.807, 2.05) is 152 Å². The Morgan fingerprint density at radius 2 is 1.18 bits per heavy atom. The molecule has 1 atom stereocenters. The minimum Gasteiger partial charge on any atom is -0.455 e. The Bertz CT molecular complexity index is 2760. The van der Waals surface area contributed by atoms with Gasteiger partial charge in [-0.05, 0) is 101 Å². The molecule has 6 aromatic carbocycles. The van der Waals surface area contributed by atoms with Crippen LogP contribution in [-0.4, -0.2) is 5.71 Å². The molecule has 0 saturated carbocycles. The Hall–Kier alpha value is -7.07. The molecule has 3 heteroatoms. The number of rotatable bonds is 11. The summed E-state index contributed by atoms with van der Waals surface area (Å²) in [6.07, 6.45) is 21.7. The molecule has 0 aliphatic heterocycles. The standard InChI is InChI=1S/C47H38N2O.C9H12.3C2H6/c1-47(49,37-19-9-4-10-20-37)38-21-13-18-36(30-38)40-29-28-39(45-41-22-11-12-23-44(41)50-46(40)45)33-24-26-34(27-25-33)42(32-14-5-2-6-15-32)31-43(48)35-16-7-3-8-17-35;1-3-5-7-9-8-6-4-2;3*1-2/h2-24,26,28-31,48H,25,27,49H2,1H3;3-9H,1H2,2H3;3*1-2H3/b42-31+,48-43?;6-4+,7-5-,9-8-;;;. The highest BCUT2D eigenvalue weighted by atomic mass is 16.3. The number of hydrogen-bond acceptors (Lipinski definition) is 3. The molecule has 8 rings (SSSR count). The molecule has 1 aliphatic carbocycles. The highest BCUT2D eigenvalue weighted by Gasteiger charge is 2.25. The average Bonchev–Trinajstić information content (AvgIpc) is 3.78. The van der Waals surface area contributed by atoms with Crippen LogP contribution >= 0.6 is 0 Å². The summed E-state index contributed by atoms with van der Waals surface area (Å²) in [5.74, 6) is 0. The van der Waals surface area contributed by atoms with Crippen molar-refractivity contribution >= 4 is 38.8 Å². The minimum absolute atomic E-state index is 0.505. The molecule has 0 radical (unpaired) electrons. The fourth-order valence-electron chi connectivity index (χ4n) is 7.58. The zero-order valence-corrected chi connectivity index (χ0v) is 39.8. The number of hydrogen-bond donors (Lipinski definition) is 2. The second kappa shape index (κ2) is 26.5. The summed E-state index contributed by atoms with van der Waals surface area (Å²) in [4.78, 5) is 0. The summed E-state index contributed by atoms with van der Waals surface area (Å²) in [6, 6.07) is 52.0. The van der Waals surface area contributed by atoms with Crippen LogP contribution < -0.4 is 5.73 Å². The number of fused-ring (bicyclic) bond motifs is 3. The average molecular weight is 857 g/mol. The van der Waals surface area contributed by atoms with E-state index in [1.54, 1.807) is 6.08 Å². The van der Waals surface area contributed by atoms with Gasteiger partial charge < -0.3 is 15.6 Å². The zero-order valence-electron chi connectivity index (χ0n) is 39.8. The Morgan fingerprint density at radius 3 is 1.82 bits per heavy atom. The maximum absolute atomic E-state index is 8.90. The fourth-order valence-corrected chi connectivity index (χ4v) is 7.58. The molecule has 0 spiro atoms. The lowest BCUT2D eigenvalue weighted by atomic mass is 9.83. The van der Waals surface area contributed by atoms with Crippen LogP contribution in [0.15, 0.2) is 229 Å². The van der Waals surface area contributed by atoms with Gasteiger partial charge in [-0.25, -0.2) is 0 Å². The quantitative estimate of drug-likeness (QED) is 0.101. The SMILES string of the molecule is C=C\C=C/C=C\C=C\C.CC.CC.CC.CC(N)(c1ccccc1)c1cccc(-c2ccc(C3=CC=C(/C(=C/C(=N)c4ccccc4)c4ccccc4)CC3)c3c2oc2ccccc23)c1. The van der Waals surface area contributed by atoms with Crippen molar-refractivity contribution in [2.24, 2.45) is 5.73 Å². The first-order chi connectivity index (χ1) is 31.9. The van der Waals surface area contributed by atoms with Crippen LogP contribution in [0.1, 0.15) is 96.0 Å². The van der Waals surface area contributed by atoms with E-state index >= 15 is 0 Å². The Labute approximate surface area is 390 Å². The van der Waals surface area contributed by atoms with Crippen molar-refractivity contribution in [1.82, 2.24) is 0 Å². The first-order valence-corrected chi connectivity index (χ1v) is 23.2. The van der Waals surface area contributed by atoms with E-state index < -0.39 is 5.54 Å². The molecule has 1 unspecified atom stereocenters. The summed E-state index contributed by atoms with van der Waals surface area (Å²) in [7, 11) is 0. The number of allylic oxidation sites excluding steroid dienone is 13. The number of para-hydroxylation sites is 1. The molecule has 0 bridgehead atoms. The van der Waals surface area contributed by atoms with Gasteiger partial charge in [0.25, 0.3) is 0 Å². The number of nitrogens with two attached hydrogens (primary N) is 1. The van der Waals surface area contributed by atoms with E-state index in [4.69, 9.17) is 15.6 Å². The molecule has 0 amide bonds. The van der Waals surface area contributed by atoms with Crippen molar-refractivity contribution < 1.29 is 4.42 Å². The first-order valence-electron chi connectivity index (χ1n) is 23.2. The topological polar surface area (TPSA) is 63.0 Å². The minimum atomic E-state index is -0.645. The summed E-state index contributed by atoms with van der Waals surface area (Å²) in [6.45, 7) is 19.6.